The maximum atomic E-state index is 12.0. The van der Waals surface area contributed by atoms with Crippen molar-refractivity contribution in [1.82, 2.24) is 10.6 Å². The van der Waals surface area contributed by atoms with E-state index in [2.05, 4.69) is 5.32 Å². The van der Waals surface area contributed by atoms with Gasteiger partial charge in [0.25, 0.3) is 5.91 Å². The smallest absolute Gasteiger partial charge is 0.318 e. The summed E-state index contributed by atoms with van der Waals surface area (Å²) in [7, 11) is 0. The Labute approximate surface area is 107 Å². The van der Waals surface area contributed by atoms with Gasteiger partial charge in [0, 0.05) is 0 Å². The van der Waals surface area contributed by atoms with Crippen LogP contribution >= 0.6 is 0 Å². The number of carbonyl (C=O) groups excluding carboxylic acids is 4. The molecule has 10 heteroatoms. The van der Waals surface area contributed by atoms with E-state index in [0.29, 0.717) is 0 Å². The van der Waals surface area contributed by atoms with Crippen LogP contribution in [-0.4, -0.2) is 47.5 Å². The van der Waals surface area contributed by atoms with Crippen molar-refractivity contribution >= 4 is 23.8 Å². The number of carbonyl (C=O) groups is 4. The van der Waals surface area contributed by atoms with E-state index in [1.54, 1.807) is 5.32 Å². The maximum Gasteiger partial charge on any atom is 0.318 e. The molecule has 1 saturated heterocycles. The summed E-state index contributed by atoms with van der Waals surface area (Å²) in [6, 6.07) is -1.23. The van der Waals surface area contributed by atoms with Crippen LogP contribution < -0.4 is 27.8 Å². The molecule has 1 rings (SSSR count). The third-order valence-electron chi connectivity index (χ3n) is 3.35. The van der Waals surface area contributed by atoms with E-state index in [0.717, 1.165) is 0 Å². The first-order chi connectivity index (χ1) is 8.74. The molecule has 0 saturated carbocycles. The Morgan fingerprint density at radius 3 is 2.11 bits per heavy atom. The van der Waals surface area contributed by atoms with Gasteiger partial charge < -0.3 is 22.3 Å². The monoisotopic (exact) mass is 273 g/mol. The zero-order valence-electron chi connectivity index (χ0n) is 9.93. The predicted molar refractivity (Wildman–Crippen MR) is 61.0 cm³/mol. The van der Waals surface area contributed by atoms with E-state index in [1.807, 2.05) is 0 Å². The summed E-state index contributed by atoms with van der Waals surface area (Å²) >= 11 is 0. The molecule has 0 spiro atoms. The fourth-order valence-electron chi connectivity index (χ4n) is 2.34. The number of primary amides is 3. The Hall–Kier alpha value is -2.20. The number of urea groups is 1. The number of nitrogens with two attached hydrogens (primary N) is 3. The number of hydrogen-bond acceptors (Lipinski definition) is 6. The van der Waals surface area contributed by atoms with E-state index >= 15 is 0 Å². The van der Waals surface area contributed by atoms with E-state index < -0.39 is 41.3 Å². The van der Waals surface area contributed by atoms with Gasteiger partial charge in [0.1, 0.15) is 5.41 Å². The topological polar surface area (TPSA) is 191 Å². The molecule has 106 valence electrons. The zero-order chi connectivity index (χ0) is 14.8. The van der Waals surface area contributed by atoms with Crippen LogP contribution in [0.15, 0.2) is 0 Å². The number of amides is 5. The van der Waals surface area contributed by atoms with Crippen molar-refractivity contribution in [1.29, 1.82) is 0 Å². The maximum absolute atomic E-state index is 12.0. The minimum absolute atomic E-state index is 0.0264. The highest BCUT2D eigenvalue weighted by molar-refractivity contribution is 6.17. The van der Waals surface area contributed by atoms with Gasteiger partial charge in [-0.15, -0.1) is 0 Å². The van der Waals surface area contributed by atoms with Crippen LogP contribution in [0.3, 0.4) is 0 Å². The quantitative estimate of drug-likeness (QED) is 0.282. The van der Waals surface area contributed by atoms with Crippen LogP contribution in [0, 0.1) is 5.41 Å². The van der Waals surface area contributed by atoms with Gasteiger partial charge >= 0.3 is 6.03 Å². The molecule has 0 radical (unpaired) electrons. The Morgan fingerprint density at radius 2 is 1.74 bits per heavy atom. The highest BCUT2D eigenvalue weighted by Gasteiger charge is 2.67. The van der Waals surface area contributed by atoms with Gasteiger partial charge in [-0.3, -0.25) is 25.0 Å². The van der Waals surface area contributed by atoms with Crippen molar-refractivity contribution in [2.24, 2.45) is 22.6 Å². The lowest BCUT2D eigenvalue weighted by Crippen LogP contribution is -2.73. The molecule has 0 aromatic carbocycles. The Morgan fingerprint density at radius 1 is 1.16 bits per heavy atom. The van der Waals surface area contributed by atoms with Gasteiger partial charge in [-0.2, -0.15) is 0 Å². The SMILES string of the molecule is NC(=O)NC(=O)[C@]1(C(N)=O)NCCC1(CO)C(N)=O. The molecule has 0 aliphatic carbocycles. The average molecular weight is 273 g/mol. The lowest BCUT2D eigenvalue weighted by Gasteiger charge is -2.37. The second-order valence-corrected chi connectivity index (χ2v) is 4.21. The average Bonchev–Trinajstić information content (AvgIpc) is 2.69. The fourth-order valence-corrected chi connectivity index (χ4v) is 2.34. The third kappa shape index (κ3) is 1.90. The lowest BCUT2D eigenvalue weighted by atomic mass is 9.68. The molecule has 0 aromatic rings. The molecule has 1 aliphatic heterocycles. The minimum Gasteiger partial charge on any atom is -0.395 e. The first-order valence-electron chi connectivity index (χ1n) is 5.31. The van der Waals surface area contributed by atoms with E-state index in [4.69, 9.17) is 17.2 Å². The summed E-state index contributed by atoms with van der Waals surface area (Å²) in [4.78, 5) is 46.0. The van der Waals surface area contributed by atoms with Gasteiger partial charge in [-0.1, -0.05) is 0 Å². The summed E-state index contributed by atoms with van der Waals surface area (Å²) < 4.78 is 0. The molecular formula is C9H15N5O5. The van der Waals surface area contributed by atoms with Gasteiger partial charge in [-0.25, -0.2) is 4.79 Å². The summed E-state index contributed by atoms with van der Waals surface area (Å²) in [6.45, 7) is -0.858. The standard InChI is InChI=1S/C9H15N5O5/c10-4(16)8(3-15)1-2-13-9(8,5(11)17)6(18)14-7(12)19/h13,15H,1-3H2,(H2,10,16)(H2,11,17)(H3,12,14,18,19)/t8?,9-/m0/s1. The third-order valence-corrected chi connectivity index (χ3v) is 3.35. The zero-order valence-corrected chi connectivity index (χ0v) is 9.93. The molecular weight excluding hydrogens is 258 g/mol. The predicted octanol–water partition coefficient (Wildman–Crippen LogP) is -4.14. The number of nitrogens with one attached hydrogen (secondary N) is 2. The van der Waals surface area contributed by atoms with Crippen molar-refractivity contribution in [3.8, 4) is 0 Å². The van der Waals surface area contributed by atoms with Crippen molar-refractivity contribution in [3.63, 3.8) is 0 Å². The van der Waals surface area contributed by atoms with Crippen LogP contribution in [0.2, 0.25) is 0 Å². The molecule has 1 unspecified atom stereocenters. The Kier molecular flexibility index (Phi) is 3.77. The molecule has 10 nitrogen and oxygen atoms in total. The molecule has 1 heterocycles. The van der Waals surface area contributed by atoms with Crippen molar-refractivity contribution in [2.45, 2.75) is 12.0 Å². The van der Waals surface area contributed by atoms with Crippen molar-refractivity contribution in [3.05, 3.63) is 0 Å². The normalized spacial score (nSPS) is 29.7. The summed E-state index contributed by atoms with van der Waals surface area (Å²) in [5, 5.41) is 13.5. The van der Waals surface area contributed by atoms with Gasteiger partial charge in [0.05, 0.1) is 6.61 Å². The molecule has 0 bridgehead atoms. The molecule has 19 heavy (non-hydrogen) atoms. The van der Waals surface area contributed by atoms with Crippen LogP contribution in [0.5, 0.6) is 0 Å². The number of aliphatic hydroxyl groups excluding tert-OH is 1. The number of aliphatic hydroxyl groups is 1. The van der Waals surface area contributed by atoms with Gasteiger partial charge in [-0.05, 0) is 13.0 Å². The van der Waals surface area contributed by atoms with Gasteiger partial charge in [0.15, 0.2) is 5.54 Å². The molecule has 1 fully saturated rings. The largest absolute Gasteiger partial charge is 0.395 e. The molecule has 9 N–H and O–H groups in total. The fraction of sp³-hybridized carbons (Fsp3) is 0.556. The van der Waals surface area contributed by atoms with Gasteiger partial charge in [0.2, 0.25) is 11.8 Å². The minimum atomic E-state index is -2.32. The first-order valence-corrected chi connectivity index (χ1v) is 5.31. The molecule has 5 amide bonds. The van der Waals surface area contributed by atoms with Crippen LogP contribution in [0.1, 0.15) is 6.42 Å². The number of hydrogen-bond donors (Lipinski definition) is 6. The highest BCUT2D eigenvalue weighted by Crippen LogP contribution is 2.39. The van der Waals surface area contributed by atoms with Crippen LogP contribution in [-0.2, 0) is 14.4 Å². The summed E-state index contributed by atoms with van der Waals surface area (Å²) in [5.74, 6) is -3.55. The van der Waals surface area contributed by atoms with Crippen LogP contribution in [0.25, 0.3) is 0 Å². The molecule has 0 aromatic heterocycles. The Balaban J connectivity index is 3.40. The molecule has 2 atom stereocenters. The van der Waals surface area contributed by atoms with Crippen molar-refractivity contribution < 1.29 is 24.3 Å². The first kappa shape index (κ1) is 14.9. The second kappa shape index (κ2) is 4.82. The summed E-state index contributed by atoms with van der Waals surface area (Å²) in [6.07, 6.45) is -0.0893. The second-order valence-electron chi connectivity index (χ2n) is 4.21. The van der Waals surface area contributed by atoms with E-state index in [-0.39, 0.29) is 13.0 Å². The van der Waals surface area contributed by atoms with Crippen LogP contribution in [0.4, 0.5) is 4.79 Å². The van der Waals surface area contributed by atoms with Crippen molar-refractivity contribution in [2.75, 3.05) is 13.2 Å². The highest BCUT2D eigenvalue weighted by atomic mass is 16.3. The van der Waals surface area contributed by atoms with E-state index in [1.165, 1.54) is 0 Å². The Bertz CT molecular complexity index is 452. The lowest BCUT2D eigenvalue weighted by molar-refractivity contribution is -0.151. The summed E-state index contributed by atoms with van der Waals surface area (Å²) in [5.41, 5.74) is 10.9. The molecule has 1 aliphatic rings. The number of rotatable bonds is 4. The van der Waals surface area contributed by atoms with E-state index in [9.17, 15) is 24.3 Å². The number of imide groups is 1.